The second-order valence-corrected chi connectivity index (χ2v) is 7.88. The fourth-order valence-corrected chi connectivity index (χ4v) is 3.93. The summed E-state index contributed by atoms with van der Waals surface area (Å²) < 4.78 is 10.7. The number of aryl methyl sites for hydroxylation is 1. The second-order valence-electron chi connectivity index (χ2n) is 7.88. The van der Waals surface area contributed by atoms with E-state index in [1.807, 2.05) is 25.1 Å². The molecule has 6 heteroatoms. The minimum Gasteiger partial charge on any atom is -0.454 e. The van der Waals surface area contributed by atoms with Crippen LogP contribution in [0.2, 0.25) is 0 Å². The van der Waals surface area contributed by atoms with Gasteiger partial charge in [0, 0.05) is 39.3 Å². The zero-order chi connectivity index (χ0) is 20.2. The first-order chi connectivity index (χ1) is 14.1. The van der Waals surface area contributed by atoms with Crippen LogP contribution < -0.4 is 14.8 Å². The Kier molecular flexibility index (Phi) is 6.02. The minimum atomic E-state index is -0.134. The van der Waals surface area contributed by atoms with Crippen molar-refractivity contribution in [3.8, 4) is 11.5 Å². The number of piperazine rings is 1. The van der Waals surface area contributed by atoms with Crippen molar-refractivity contribution < 1.29 is 14.3 Å². The van der Waals surface area contributed by atoms with Gasteiger partial charge in [-0.2, -0.15) is 0 Å². The molecule has 4 rings (SSSR count). The molecule has 1 amide bonds. The van der Waals surface area contributed by atoms with Crippen LogP contribution in [0.3, 0.4) is 0 Å². The van der Waals surface area contributed by atoms with Gasteiger partial charge in [-0.25, -0.2) is 0 Å². The van der Waals surface area contributed by atoms with Crippen molar-refractivity contribution in [2.75, 3.05) is 33.0 Å². The van der Waals surface area contributed by atoms with E-state index < -0.39 is 0 Å². The summed E-state index contributed by atoms with van der Waals surface area (Å²) in [6.07, 6.45) is 0. The zero-order valence-electron chi connectivity index (χ0n) is 17.2. The topological polar surface area (TPSA) is 54.0 Å². The number of ether oxygens (including phenoxy) is 2. The molecule has 154 valence electrons. The molecule has 29 heavy (non-hydrogen) atoms. The normalized spacial score (nSPS) is 17.9. The molecule has 0 radical (unpaired) electrons. The van der Waals surface area contributed by atoms with Crippen LogP contribution in [0.1, 0.15) is 23.6 Å². The molecule has 0 saturated carbocycles. The number of fused-ring (bicyclic) bond motifs is 1. The highest BCUT2D eigenvalue weighted by atomic mass is 16.7. The van der Waals surface area contributed by atoms with E-state index in [1.54, 1.807) is 0 Å². The van der Waals surface area contributed by atoms with E-state index in [4.69, 9.17) is 9.47 Å². The Hall–Kier alpha value is -2.57. The van der Waals surface area contributed by atoms with Gasteiger partial charge in [0.2, 0.25) is 12.7 Å². The van der Waals surface area contributed by atoms with Crippen LogP contribution in [0.5, 0.6) is 11.5 Å². The average Bonchev–Trinajstić information content (AvgIpc) is 3.20. The molecule has 1 saturated heterocycles. The van der Waals surface area contributed by atoms with Crippen LogP contribution in [0, 0.1) is 6.92 Å². The van der Waals surface area contributed by atoms with Crippen molar-refractivity contribution in [1.82, 2.24) is 15.1 Å². The highest BCUT2D eigenvalue weighted by molar-refractivity contribution is 5.81. The number of nitrogens with one attached hydrogen (secondary N) is 1. The molecular weight excluding hydrogens is 366 g/mol. The summed E-state index contributed by atoms with van der Waals surface area (Å²) in [5, 5.41) is 3.05. The Balaban J connectivity index is 1.23. The smallest absolute Gasteiger partial charge is 0.237 e. The van der Waals surface area contributed by atoms with Crippen LogP contribution >= 0.6 is 0 Å². The summed E-state index contributed by atoms with van der Waals surface area (Å²) in [5.74, 6) is 1.57. The molecule has 2 heterocycles. The summed E-state index contributed by atoms with van der Waals surface area (Å²) in [6, 6.07) is 14.3. The van der Waals surface area contributed by atoms with Crippen LogP contribution in [0.4, 0.5) is 0 Å². The van der Waals surface area contributed by atoms with E-state index in [-0.39, 0.29) is 18.7 Å². The van der Waals surface area contributed by atoms with Crippen molar-refractivity contribution in [1.29, 1.82) is 0 Å². The molecule has 1 atom stereocenters. The first-order valence-corrected chi connectivity index (χ1v) is 10.3. The highest BCUT2D eigenvalue weighted by Gasteiger charge is 2.25. The van der Waals surface area contributed by atoms with Gasteiger partial charge in [0.05, 0.1) is 6.04 Å². The lowest BCUT2D eigenvalue weighted by Crippen LogP contribution is -2.53. The van der Waals surface area contributed by atoms with Gasteiger partial charge >= 0.3 is 0 Å². The van der Waals surface area contributed by atoms with Gasteiger partial charge in [-0.1, -0.05) is 35.9 Å². The predicted molar refractivity (Wildman–Crippen MR) is 112 cm³/mol. The molecule has 1 N–H and O–H groups in total. The third-order valence-electron chi connectivity index (χ3n) is 5.73. The van der Waals surface area contributed by atoms with E-state index in [0.29, 0.717) is 6.54 Å². The Labute approximate surface area is 172 Å². The standard InChI is InChI=1S/C23H29N3O3/c1-17-4-3-5-20(12-17)15-25-8-10-26(11-9-25)18(2)23(27)24-14-19-6-7-21-22(13-19)29-16-28-21/h3-7,12-13,18H,8-11,14-16H2,1-2H3,(H,24,27)/t18-/m0/s1. The van der Waals surface area contributed by atoms with Crippen molar-refractivity contribution in [3.63, 3.8) is 0 Å². The number of hydrogen-bond acceptors (Lipinski definition) is 5. The first kappa shape index (κ1) is 19.7. The molecule has 0 bridgehead atoms. The van der Waals surface area contributed by atoms with E-state index in [9.17, 15) is 4.79 Å². The summed E-state index contributed by atoms with van der Waals surface area (Å²) in [4.78, 5) is 17.4. The average molecular weight is 396 g/mol. The van der Waals surface area contributed by atoms with Crippen molar-refractivity contribution >= 4 is 5.91 Å². The van der Waals surface area contributed by atoms with Crippen molar-refractivity contribution in [3.05, 3.63) is 59.2 Å². The molecule has 0 unspecified atom stereocenters. The summed E-state index contributed by atoms with van der Waals surface area (Å²) in [6.45, 7) is 9.62. The summed E-state index contributed by atoms with van der Waals surface area (Å²) in [5.41, 5.74) is 3.67. The van der Waals surface area contributed by atoms with E-state index in [0.717, 1.165) is 49.8 Å². The lowest BCUT2D eigenvalue weighted by atomic mass is 10.1. The van der Waals surface area contributed by atoms with Crippen molar-refractivity contribution in [2.24, 2.45) is 0 Å². The van der Waals surface area contributed by atoms with Crippen LogP contribution in [0.25, 0.3) is 0 Å². The fraction of sp³-hybridized carbons (Fsp3) is 0.435. The number of hydrogen-bond donors (Lipinski definition) is 1. The lowest BCUT2D eigenvalue weighted by Gasteiger charge is -2.37. The molecule has 2 aliphatic heterocycles. The largest absolute Gasteiger partial charge is 0.454 e. The number of nitrogens with zero attached hydrogens (tertiary/aromatic N) is 2. The van der Waals surface area contributed by atoms with Gasteiger partial charge < -0.3 is 14.8 Å². The Bertz CT molecular complexity index is 862. The minimum absolute atomic E-state index is 0.0646. The van der Waals surface area contributed by atoms with Crippen LogP contribution in [-0.4, -0.2) is 54.7 Å². The number of carbonyl (C=O) groups excluding carboxylic acids is 1. The van der Waals surface area contributed by atoms with Gasteiger partial charge in [-0.3, -0.25) is 14.6 Å². The van der Waals surface area contributed by atoms with E-state index in [1.165, 1.54) is 11.1 Å². The SMILES string of the molecule is Cc1cccc(CN2CCN([C@@H](C)C(=O)NCc3ccc4c(c3)OCO4)CC2)c1. The van der Waals surface area contributed by atoms with Crippen LogP contribution in [-0.2, 0) is 17.9 Å². The van der Waals surface area contributed by atoms with Crippen molar-refractivity contribution in [2.45, 2.75) is 33.0 Å². The summed E-state index contributed by atoms with van der Waals surface area (Å²) >= 11 is 0. The fourth-order valence-electron chi connectivity index (χ4n) is 3.93. The van der Waals surface area contributed by atoms with Gasteiger partial charge in [0.25, 0.3) is 0 Å². The molecule has 2 aliphatic rings. The lowest BCUT2D eigenvalue weighted by molar-refractivity contribution is -0.126. The molecule has 0 spiro atoms. The van der Waals surface area contributed by atoms with Gasteiger partial charge in [0.1, 0.15) is 0 Å². The quantitative estimate of drug-likeness (QED) is 0.815. The zero-order valence-corrected chi connectivity index (χ0v) is 17.2. The maximum atomic E-state index is 12.6. The number of carbonyl (C=O) groups is 1. The Morgan fingerprint density at radius 1 is 1.03 bits per heavy atom. The second kappa shape index (κ2) is 8.84. The molecule has 2 aromatic rings. The monoisotopic (exact) mass is 395 g/mol. The molecule has 1 fully saturated rings. The highest BCUT2D eigenvalue weighted by Crippen LogP contribution is 2.32. The maximum Gasteiger partial charge on any atom is 0.237 e. The van der Waals surface area contributed by atoms with Gasteiger partial charge in [-0.15, -0.1) is 0 Å². The Morgan fingerprint density at radius 2 is 1.83 bits per heavy atom. The van der Waals surface area contributed by atoms with Gasteiger partial charge in [-0.05, 0) is 37.1 Å². The first-order valence-electron chi connectivity index (χ1n) is 10.3. The Morgan fingerprint density at radius 3 is 2.62 bits per heavy atom. The van der Waals surface area contributed by atoms with Gasteiger partial charge in [0.15, 0.2) is 11.5 Å². The maximum absolute atomic E-state index is 12.6. The van der Waals surface area contributed by atoms with E-state index in [2.05, 4.69) is 46.3 Å². The molecule has 6 nitrogen and oxygen atoms in total. The number of amides is 1. The number of benzene rings is 2. The summed E-state index contributed by atoms with van der Waals surface area (Å²) in [7, 11) is 0. The predicted octanol–water partition coefficient (Wildman–Crippen LogP) is 2.55. The van der Waals surface area contributed by atoms with Crippen LogP contribution in [0.15, 0.2) is 42.5 Å². The number of rotatable bonds is 6. The molecule has 2 aromatic carbocycles. The third-order valence-corrected chi connectivity index (χ3v) is 5.73. The van der Waals surface area contributed by atoms with E-state index >= 15 is 0 Å². The molecular formula is C23H29N3O3. The molecule has 0 aliphatic carbocycles. The third kappa shape index (κ3) is 4.89. The molecule has 0 aromatic heterocycles.